The van der Waals surface area contributed by atoms with Crippen LogP contribution in [0.5, 0.6) is 0 Å². The molecule has 0 aromatic carbocycles. The number of rotatable bonds is 6. The number of H-pyrrole nitrogens is 1. The van der Waals surface area contributed by atoms with Gasteiger partial charge in [-0.1, -0.05) is 20.3 Å². The molecule has 1 aromatic rings. The Hall–Kier alpha value is -1.92. The van der Waals surface area contributed by atoms with Gasteiger partial charge in [0.25, 0.3) is 5.91 Å². The largest absolute Gasteiger partial charge is 0.479 e. The lowest BCUT2D eigenvalue weighted by Crippen LogP contribution is -2.53. The van der Waals surface area contributed by atoms with Gasteiger partial charge in [-0.25, -0.2) is 9.78 Å². The van der Waals surface area contributed by atoms with Crippen LogP contribution in [-0.4, -0.2) is 49.1 Å². The number of nitrogens with one attached hydrogen (secondary N) is 1. The van der Waals surface area contributed by atoms with Gasteiger partial charge in [0.2, 0.25) is 5.82 Å². The van der Waals surface area contributed by atoms with Crippen LogP contribution in [0.3, 0.4) is 0 Å². The molecule has 1 aliphatic rings. The van der Waals surface area contributed by atoms with Gasteiger partial charge in [-0.15, -0.1) is 5.10 Å². The quantitative estimate of drug-likeness (QED) is 0.830. The Morgan fingerprint density at radius 3 is 2.76 bits per heavy atom. The van der Waals surface area contributed by atoms with Crippen molar-refractivity contribution in [2.45, 2.75) is 57.9 Å². The zero-order chi connectivity index (χ0) is 15.5. The second-order valence-electron chi connectivity index (χ2n) is 5.50. The molecule has 1 amide bonds. The summed E-state index contributed by atoms with van der Waals surface area (Å²) in [6.45, 7) is 4.39. The van der Waals surface area contributed by atoms with Gasteiger partial charge in [-0.2, -0.15) is 0 Å². The third kappa shape index (κ3) is 2.77. The van der Waals surface area contributed by atoms with Gasteiger partial charge in [-0.05, 0) is 25.7 Å². The molecule has 0 spiro atoms. The van der Waals surface area contributed by atoms with Gasteiger partial charge in [0, 0.05) is 13.0 Å². The molecule has 1 unspecified atom stereocenters. The van der Waals surface area contributed by atoms with Crippen LogP contribution in [0.15, 0.2) is 0 Å². The van der Waals surface area contributed by atoms with Crippen molar-refractivity contribution >= 4 is 11.9 Å². The van der Waals surface area contributed by atoms with Crippen molar-refractivity contribution in [2.75, 3.05) is 6.54 Å². The van der Waals surface area contributed by atoms with Gasteiger partial charge in [0.05, 0.1) is 0 Å². The van der Waals surface area contributed by atoms with Crippen LogP contribution >= 0.6 is 0 Å². The van der Waals surface area contributed by atoms with E-state index in [1.54, 1.807) is 0 Å². The first kappa shape index (κ1) is 15.5. The molecule has 2 heterocycles. The Balaban J connectivity index is 2.25. The first-order valence-electron chi connectivity index (χ1n) is 7.51. The van der Waals surface area contributed by atoms with E-state index in [0.29, 0.717) is 38.1 Å². The van der Waals surface area contributed by atoms with Gasteiger partial charge in [0.15, 0.2) is 0 Å². The lowest BCUT2D eigenvalue weighted by Gasteiger charge is -2.33. The summed E-state index contributed by atoms with van der Waals surface area (Å²) in [5.74, 6) is -0.583. The molecule has 0 aliphatic carbocycles. The summed E-state index contributed by atoms with van der Waals surface area (Å²) in [6.07, 6.45) is 3.99. The van der Waals surface area contributed by atoms with Crippen molar-refractivity contribution in [1.82, 2.24) is 20.1 Å². The van der Waals surface area contributed by atoms with Crippen molar-refractivity contribution < 1.29 is 14.7 Å². The van der Waals surface area contributed by atoms with E-state index in [-0.39, 0.29) is 11.7 Å². The number of aliphatic carboxylic acids is 1. The van der Waals surface area contributed by atoms with E-state index in [0.717, 1.165) is 12.8 Å². The molecule has 0 bridgehead atoms. The average molecular weight is 294 g/mol. The SMILES string of the molecule is CCCc1nc(C(=O)N2CCCC2(CCC)C(=O)O)n[nH]1. The number of amides is 1. The van der Waals surface area contributed by atoms with Crippen LogP contribution in [0.4, 0.5) is 0 Å². The van der Waals surface area contributed by atoms with Crippen molar-refractivity contribution in [2.24, 2.45) is 0 Å². The Kier molecular flexibility index (Phi) is 4.59. The fraction of sp³-hybridized carbons (Fsp3) is 0.714. The molecule has 1 aromatic heterocycles. The first-order valence-corrected chi connectivity index (χ1v) is 7.51. The molecule has 21 heavy (non-hydrogen) atoms. The lowest BCUT2D eigenvalue weighted by molar-refractivity contribution is -0.148. The van der Waals surface area contributed by atoms with Crippen molar-refractivity contribution in [3.63, 3.8) is 0 Å². The fourth-order valence-corrected chi connectivity index (χ4v) is 3.04. The maximum atomic E-state index is 12.6. The summed E-state index contributed by atoms with van der Waals surface area (Å²) in [5.41, 5.74) is -1.10. The van der Waals surface area contributed by atoms with Gasteiger partial charge < -0.3 is 10.0 Å². The van der Waals surface area contributed by atoms with Crippen molar-refractivity contribution in [3.05, 3.63) is 11.6 Å². The summed E-state index contributed by atoms with van der Waals surface area (Å²) in [4.78, 5) is 29.9. The van der Waals surface area contributed by atoms with Crippen molar-refractivity contribution in [3.8, 4) is 0 Å². The number of nitrogens with zero attached hydrogens (tertiary/aromatic N) is 3. The summed E-state index contributed by atoms with van der Waals surface area (Å²) < 4.78 is 0. The smallest absolute Gasteiger partial charge is 0.329 e. The second kappa shape index (κ2) is 6.24. The summed E-state index contributed by atoms with van der Waals surface area (Å²) >= 11 is 0. The third-order valence-corrected chi connectivity index (χ3v) is 4.01. The maximum Gasteiger partial charge on any atom is 0.329 e. The summed E-state index contributed by atoms with van der Waals surface area (Å²) in [7, 11) is 0. The highest BCUT2D eigenvalue weighted by Crippen LogP contribution is 2.34. The van der Waals surface area contributed by atoms with E-state index in [1.807, 2.05) is 13.8 Å². The summed E-state index contributed by atoms with van der Waals surface area (Å²) in [5, 5.41) is 16.3. The molecule has 1 fully saturated rings. The number of hydrogen-bond donors (Lipinski definition) is 2. The van der Waals surface area contributed by atoms with Crippen molar-refractivity contribution in [1.29, 1.82) is 0 Å². The molecule has 2 rings (SSSR count). The average Bonchev–Trinajstić information content (AvgIpc) is 3.06. The zero-order valence-corrected chi connectivity index (χ0v) is 12.6. The van der Waals surface area contributed by atoms with E-state index < -0.39 is 11.5 Å². The lowest BCUT2D eigenvalue weighted by atomic mass is 9.90. The van der Waals surface area contributed by atoms with E-state index in [4.69, 9.17) is 0 Å². The number of hydrogen-bond acceptors (Lipinski definition) is 4. The Bertz CT molecular complexity index is 528. The normalized spacial score (nSPS) is 21.7. The van der Waals surface area contributed by atoms with Crippen LogP contribution in [0.2, 0.25) is 0 Å². The van der Waals surface area contributed by atoms with E-state index in [9.17, 15) is 14.7 Å². The number of likely N-dealkylation sites (tertiary alicyclic amines) is 1. The van der Waals surface area contributed by atoms with Gasteiger partial charge >= 0.3 is 5.97 Å². The monoisotopic (exact) mass is 294 g/mol. The molecule has 1 aliphatic heterocycles. The molecule has 7 heteroatoms. The highest BCUT2D eigenvalue weighted by atomic mass is 16.4. The van der Waals surface area contributed by atoms with Crippen LogP contribution in [0.25, 0.3) is 0 Å². The van der Waals surface area contributed by atoms with Crippen LogP contribution in [0, 0.1) is 0 Å². The molecule has 1 saturated heterocycles. The second-order valence-corrected chi connectivity index (χ2v) is 5.50. The van der Waals surface area contributed by atoms with Gasteiger partial charge in [-0.3, -0.25) is 9.89 Å². The highest BCUT2D eigenvalue weighted by Gasteiger charge is 2.50. The third-order valence-electron chi connectivity index (χ3n) is 4.01. The Labute approximate surface area is 123 Å². The predicted molar refractivity (Wildman–Crippen MR) is 75.9 cm³/mol. The minimum absolute atomic E-state index is 0.0714. The zero-order valence-electron chi connectivity index (χ0n) is 12.6. The standard InChI is InChI=1S/C14H22N4O3/c1-3-6-10-15-11(17-16-10)12(19)18-9-5-8-14(18,7-4-2)13(20)21/h3-9H2,1-2H3,(H,20,21)(H,15,16,17). The minimum Gasteiger partial charge on any atom is -0.479 e. The number of aromatic amines is 1. The predicted octanol–water partition coefficient (Wildman–Crippen LogP) is 1.62. The van der Waals surface area contributed by atoms with Gasteiger partial charge in [0.1, 0.15) is 11.4 Å². The minimum atomic E-state index is -1.10. The van der Waals surface area contributed by atoms with E-state index >= 15 is 0 Å². The molecule has 116 valence electrons. The number of aromatic nitrogens is 3. The van der Waals surface area contributed by atoms with E-state index in [1.165, 1.54) is 4.90 Å². The van der Waals surface area contributed by atoms with Crippen LogP contribution < -0.4 is 0 Å². The highest BCUT2D eigenvalue weighted by molar-refractivity contribution is 5.95. The Morgan fingerprint density at radius 1 is 1.38 bits per heavy atom. The molecule has 0 saturated carbocycles. The molecular weight excluding hydrogens is 272 g/mol. The number of carboxylic acids is 1. The van der Waals surface area contributed by atoms with Crippen LogP contribution in [0.1, 0.15) is 62.4 Å². The topological polar surface area (TPSA) is 99.2 Å². The fourth-order valence-electron chi connectivity index (χ4n) is 3.04. The number of carboxylic acid groups (broad SMARTS) is 1. The maximum absolute atomic E-state index is 12.6. The number of carbonyl (C=O) groups excluding carboxylic acids is 1. The number of carbonyl (C=O) groups is 2. The molecular formula is C14H22N4O3. The molecule has 7 nitrogen and oxygen atoms in total. The molecule has 2 N–H and O–H groups in total. The molecule has 1 atom stereocenters. The Morgan fingerprint density at radius 2 is 2.14 bits per heavy atom. The number of aryl methyl sites for hydroxylation is 1. The molecule has 0 radical (unpaired) electrons. The first-order chi connectivity index (χ1) is 10.0. The summed E-state index contributed by atoms with van der Waals surface area (Å²) in [6, 6.07) is 0. The van der Waals surface area contributed by atoms with Crippen LogP contribution in [-0.2, 0) is 11.2 Å². The van der Waals surface area contributed by atoms with E-state index in [2.05, 4.69) is 15.2 Å².